The third kappa shape index (κ3) is 3.93. The molecule has 2 aliphatic carbocycles. The van der Waals surface area contributed by atoms with E-state index < -0.39 is 0 Å². The van der Waals surface area contributed by atoms with E-state index in [-0.39, 0.29) is 23.2 Å². The number of nitrogens with zero attached hydrogens (tertiary/aromatic N) is 2. The van der Waals surface area contributed by atoms with Gasteiger partial charge in [-0.3, -0.25) is 14.2 Å². The molecule has 6 rings (SSSR count). The molecule has 1 aliphatic heterocycles. The van der Waals surface area contributed by atoms with Crippen molar-refractivity contribution in [3.63, 3.8) is 0 Å². The highest BCUT2D eigenvalue weighted by Crippen LogP contribution is 2.64. The molecule has 2 fully saturated rings. The Morgan fingerprint density at radius 1 is 1.09 bits per heavy atom. The Bertz CT molecular complexity index is 1330. The first-order valence-electron chi connectivity index (χ1n) is 12.4. The average molecular weight is 506 g/mol. The second-order valence-electron chi connectivity index (χ2n) is 10.4. The molecule has 35 heavy (non-hydrogen) atoms. The van der Waals surface area contributed by atoms with Crippen LogP contribution in [0.4, 0.5) is 11.4 Å². The molecule has 3 aromatic rings. The largest absolute Gasteiger partial charge is 0.378 e. The highest BCUT2D eigenvalue weighted by atomic mass is 32.2. The van der Waals surface area contributed by atoms with E-state index >= 15 is 0 Å². The molecule has 0 radical (unpaired) electrons. The topological polar surface area (TPSA) is 54.3 Å². The molecule has 182 valence electrons. The summed E-state index contributed by atoms with van der Waals surface area (Å²) >= 11 is 3.24. The number of hydrogen-bond acceptors (Lipinski definition) is 5. The van der Waals surface area contributed by atoms with Crippen molar-refractivity contribution < 1.29 is 4.79 Å². The van der Waals surface area contributed by atoms with Gasteiger partial charge in [-0.05, 0) is 73.3 Å². The number of anilines is 2. The highest BCUT2D eigenvalue weighted by molar-refractivity contribution is 8.00. The fourth-order valence-corrected chi connectivity index (χ4v) is 9.64. The summed E-state index contributed by atoms with van der Waals surface area (Å²) in [6, 6.07) is 16.6. The zero-order valence-corrected chi connectivity index (χ0v) is 22.0. The van der Waals surface area contributed by atoms with Gasteiger partial charge in [0.1, 0.15) is 6.54 Å². The van der Waals surface area contributed by atoms with Gasteiger partial charge in [0.25, 0.3) is 0 Å². The number of fused-ring (bicyclic) bond motifs is 6. The Morgan fingerprint density at radius 3 is 2.57 bits per heavy atom. The minimum absolute atomic E-state index is 0.0235. The molecule has 1 aromatic heterocycles. The number of carbonyl (C=O) groups excluding carboxylic acids is 1. The Morgan fingerprint density at radius 2 is 1.83 bits per heavy atom. The summed E-state index contributed by atoms with van der Waals surface area (Å²) in [4.78, 5) is 29.5. The smallest absolute Gasteiger partial charge is 0.308 e. The molecule has 2 heterocycles. The molecule has 0 saturated heterocycles. The third-order valence-electron chi connectivity index (χ3n) is 8.18. The van der Waals surface area contributed by atoms with Gasteiger partial charge in [-0.15, -0.1) is 11.8 Å². The van der Waals surface area contributed by atoms with Crippen LogP contribution in [0.1, 0.15) is 41.2 Å². The van der Waals surface area contributed by atoms with Gasteiger partial charge < -0.3 is 10.2 Å². The second-order valence-corrected chi connectivity index (χ2v) is 12.6. The first-order valence-corrected chi connectivity index (χ1v) is 14.1. The van der Waals surface area contributed by atoms with Crippen LogP contribution in [0.15, 0.2) is 58.4 Å². The third-order valence-corrected chi connectivity index (χ3v) is 11.0. The van der Waals surface area contributed by atoms with Crippen molar-refractivity contribution in [1.29, 1.82) is 0 Å². The lowest BCUT2D eigenvalue weighted by molar-refractivity contribution is -0.116. The van der Waals surface area contributed by atoms with Crippen molar-refractivity contribution in [3.05, 3.63) is 74.2 Å². The Balaban J connectivity index is 1.37. The molecular formula is C28H31N3O2S2. The molecular weight excluding hydrogens is 474 g/mol. The summed E-state index contributed by atoms with van der Waals surface area (Å²) < 4.78 is 1.74. The first kappa shape index (κ1) is 22.9. The van der Waals surface area contributed by atoms with Crippen LogP contribution in [0.5, 0.6) is 0 Å². The normalized spacial score (nSPS) is 26.3. The van der Waals surface area contributed by atoms with Crippen molar-refractivity contribution in [1.82, 2.24) is 4.57 Å². The zero-order chi connectivity index (χ0) is 24.3. The average Bonchev–Trinajstić information content (AvgIpc) is 3.54. The van der Waals surface area contributed by atoms with Gasteiger partial charge in [-0.1, -0.05) is 41.7 Å². The van der Waals surface area contributed by atoms with Gasteiger partial charge in [0.05, 0.1) is 5.03 Å². The van der Waals surface area contributed by atoms with Crippen molar-refractivity contribution in [2.24, 2.45) is 17.8 Å². The standard InChI is InChI=1S/C28H31N3O2S2/c1-16-6-4-5-7-21(16)29-22(32)15-31-27-26(35-28(31)33)23(17-10-12-20(13-11-17)30(2)3)24-18-8-9-19(14-18)25(24)34-27/h4-7,10-13,18-19,23-25H,8-9,14-15H2,1-3H3,(H,29,32)/t18?,19?,23-,24?,25?/m1/s1. The van der Waals surface area contributed by atoms with Crippen molar-refractivity contribution >= 4 is 40.4 Å². The molecule has 3 aliphatic rings. The summed E-state index contributed by atoms with van der Waals surface area (Å²) in [6.07, 6.45) is 3.91. The molecule has 1 amide bonds. The molecule has 5 nitrogen and oxygen atoms in total. The predicted molar refractivity (Wildman–Crippen MR) is 145 cm³/mol. The van der Waals surface area contributed by atoms with Crippen LogP contribution in [-0.4, -0.2) is 29.8 Å². The first-order chi connectivity index (χ1) is 16.9. The number of aryl methyl sites for hydroxylation is 1. The molecule has 4 unspecified atom stereocenters. The van der Waals surface area contributed by atoms with Gasteiger partial charge in [-0.25, -0.2) is 0 Å². The van der Waals surface area contributed by atoms with E-state index in [4.69, 9.17) is 0 Å². The van der Waals surface area contributed by atoms with Gasteiger partial charge in [0.2, 0.25) is 5.91 Å². The summed E-state index contributed by atoms with van der Waals surface area (Å²) in [5, 5.41) is 4.56. The number of hydrogen-bond donors (Lipinski definition) is 1. The molecule has 2 aromatic carbocycles. The van der Waals surface area contributed by atoms with Crippen molar-refractivity contribution in [3.8, 4) is 0 Å². The SMILES string of the molecule is Cc1ccccc1NC(=O)Cn1c2c(sc1=O)[C@H](c1ccc(N(C)C)cc1)C1C3CCC(C3)C1S2. The van der Waals surface area contributed by atoms with Crippen LogP contribution < -0.4 is 15.1 Å². The minimum atomic E-state index is -0.149. The molecule has 5 atom stereocenters. The van der Waals surface area contributed by atoms with E-state index in [1.54, 1.807) is 4.57 Å². The molecule has 7 heteroatoms. The van der Waals surface area contributed by atoms with E-state index in [1.165, 1.54) is 41.9 Å². The van der Waals surface area contributed by atoms with Gasteiger partial charge in [-0.2, -0.15) is 0 Å². The van der Waals surface area contributed by atoms with E-state index in [2.05, 4.69) is 48.6 Å². The zero-order valence-electron chi connectivity index (χ0n) is 20.4. The number of carbonyl (C=O) groups is 1. The quantitative estimate of drug-likeness (QED) is 0.492. The van der Waals surface area contributed by atoms with Crippen LogP contribution >= 0.6 is 23.1 Å². The summed E-state index contributed by atoms with van der Waals surface area (Å²) in [6.45, 7) is 2.04. The van der Waals surface area contributed by atoms with E-state index in [0.717, 1.165) is 33.0 Å². The van der Waals surface area contributed by atoms with Crippen LogP contribution in [0.3, 0.4) is 0 Å². The number of nitrogens with one attached hydrogen (secondary N) is 1. The van der Waals surface area contributed by atoms with Crippen molar-refractivity contribution in [2.45, 2.75) is 48.9 Å². The maximum Gasteiger partial charge on any atom is 0.308 e. The van der Waals surface area contributed by atoms with Crippen LogP contribution in [-0.2, 0) is 11.3 Å². The fourth-order valence-electron chi connectivity index (χ4n) is 6.49. The van der Waals surface area contributed by atoms with Crippen LogP contribution in [0, 0.1) is 24.7 Å². The van der Waals surface area contributed by atoms with Crippen LogP contribution in [0.25, 0.3) is 0 Å². The fraction of sp³-hybridized carbons (Fsp3) is 0.429. The molecule has 2 saturated carbocycles. The maximum absolute atomic E-state index is 13.3. The van der Waals surface area contributed by atoms with E-state index in [9.17, 15) is 9.59 Å². The lowest BCUT2D eigenvalue weighted by atomic mass is 9.75. The van der Waals surface area contributed by atoms with E-state index in [1.807, 2.05) is 43.0 Å². The van der Waals surface area contributed by atoms with Gasteiger partial charge in [0, 0.05) is 41.5 Å². The number of benzene rings is 2. The number of thioether (sulfide) groups is 1. The highest BCUT2D eigenvalue weighted by Gasteiger charge is 2.55. The van der Waals surface area contributed by atoms with Crippen molar-refractivity contribution in [2.75, 3.05) is 24.3 Å². The Labute approximate surface area is 214 Å². The van der Waals surface area contributed by atoms with Gasteiger partial charge >= 0.3 is 4.87 Å². The lowest BCUT2D eigenvalue weighted by Crippen LogP contribution is -2.34. The van der Waals surface area contributed by atoms with Gasteiger partial charge in [0.15, 0.2) is 0 Å². The summed E-state index contributed by atoms with van der Waals surface area (Å²) in [5.74, 6) is 2.12. The number of amides is 1. The predicted octanol–water partition coefficient (Wildman–Crippen LogP) is 5.58. The van der Waals surface area contributed by atoms with E-state index in [0.29, 0.717) is 11.2 Å². The number of aromatic nitrogens is 1. The Hall–Kier alpha value is -2.51. The summed E-state index contributed by atoms with van der Waals surface area (Å²) in [7, 11) is 4.12. The summed E-state index contributed by atoms with van der Waals surface area (Å²) in [5.41, 5.74) is 4.30. The number of thiazole rings is 1. The number of rotatable bonds is 5. The second kappa shape index (κ2) is 8.86. The molecule has 2 bridgehead atoms. The molecule has 1 N–H and O–H groups in total. The lowest BCUT2D eigenvalue weighted by Gasteiger charge is -2.40. The Kier molecular flexibility index (Phi) is 5.80. The molecule has 0 spiro atoms. The van der Waals surface area contributed by atoms with Crippen LogP contribution in [0.2, 0.25) is 0 Å². The maximum atomic E-state index is 13.3. The number of para-hydroxylation sites is 1. The monoisotopic (exact) mass is 505 g/mol. The minimum Gasteiger partial charge on any atom is -0.378 e.